The van der Waals surface area contributed by atoms with Crippen molar-refractivity contribution in [3.05, 3.63) is 29.8 Å². The van der Waals surface area contributed by atoms with Crippen molar-refractivity contribution in [2.24, 2.45) is 5.73 Å². The number of hydrogen-bond acceptors (Lipinski definition) is 4. The molecular formula is C15H24N2OS. The first kappa shape index (κ1) is 14.7. The molecule has 0 aliphatic carbocycles. The minimum absolute atomic E-state index is 0.0997. The second-order valence-corrected chi connectivity index (χ2v) is 6.41. The third kappa shape index (κ3) is 3.44. The minimum Gasteiger partial charge on any atom is -0.497 e. The lowest BCUT2D eigenvalue weighted by molar-refractivity contribution is 0.168. The van der Waals surface area contributed by atoms with Crippen LogP contribution in [0.25, 0.3) is 0 Å². The molecule has 3 atom stereocenters. The molecule has 1 aliphatic heterocycles. The Morgan fingerprint density at radius 1 is 1.47 bits per heavy atom. The maximum Gasteiger partial charge on any atom is 0.119 e. The molecule has 0 amide bonds. The van der Waals surface area contributed by atoms with E-state index in [0.29, 0.717) is 6.04 Å². The molecule has 106 valence electrons. The van der Waals surface area contributed by atoms with E-state index in [1.54, 1.807) is 7.11 Å². The van der Waals surface area contributed by atoms with Crippen molar-refractivity contribution in [1.29, 1.82) is 0 Å². The zero-order chi connectivity index (χ0) is 13.8. The number of likely N-dealkylation sites (N-methyl/N-ethyl adjacent to an activating group) is 1. The first-order valence-electron chi connectivity index (χ1n) is 6.82. The van der Waals surface area contributed by atoms with Gasteiger partial charge in [0, 0.05) is 23.9 Å². The van der Waals surface area contributed by atoms with E-state index in [0.717, 1.165) is 5.75 Å². The molecule has 2 rings (SSSR count). The van der Waals surface area contributed by atoms with E-state index in [1.807, 2.05) is 23.9 Å². The molecule has 2 N–H and O–H groups in total. The maximum atomic E-state index is 6.24. The normalized spacial score (nSPS) is 22.5. The molecule has 3 nitrogen and oxygen atoms in total. The Kier molecular flexibility index (Phi) is 5.13. The lowest BCUT2D eigenvalue weighted by atomic mass is 9.97. The highest BCUT2D eigenvalue weighted by molar-refractivity contribution is 7.99. The predicted octanol–water partition coefficient (Wildman–Crippen LogP) is 2.52. The molecule has 0 aromatic heterocycles. The highest BCUT2D eigenvalue weighted by atomic mass is 32.2. The van der Waals surface area contributed by atoms with Crippen LogP contribution in [-0.4, -0.2) is 42.6 Å². The number of methoxy groups -OCH3 is 1. The van der Waals surface area contributed by atoms with Gasteiger partial charge < -0.3 is 10.5 Å². The van der Waals surface area contributed by atoms with Gasteiger partial charge >= 0.3 is 0 Å². The third-order valence-corrected chi connectivity index (χ3v) is 5.00. The van der Waals surface area contributed by atoms with Gasteiger partial charge in [0.25, 0.3) is 0 Å². The summed E-state index contributed by atoms with van der Waals surface area (Å²) in [5.74, 6) is 3.38. The Morgan fingerprint density at radius 2 is 2.26 bits per heavy atom. The second kappa shape index (κ2) is 6.64. The number of ether oxygens (including phenoxy) is 1. The molecule has 4 heteroatoms. The smallest absolute Gasteiger partial charge is 0.119 e. The van der Waals surface area contributed by atoms with E-state index < -0.39 is 0 Å². The summed E-state index contributed by atoms with van der Waals surface area (Å²) in [7, 11) is 3.90. The molecule has 1 aliphatic rings. The van der Waals surface area contributed by atoms with Gasteiger partial charge in [0.1, 0.15) is 5.75 Å². The van der Waals surface area contributed by atoms with Gasteiger partial charge in [-0.25, -0.2) is 0 Å². The third-order valence-electron chi connectivity index (χ3n) is 3.85. The van der Waals surface area contributed by atoms with Crippen LogP contribution in [0.15, 0.2) is 24.3 Å². The summed E-state index contributed by atoms with van der Waals surface area (Å²) < 4.78 is 5.33. The topological polar surface area (TPSA) is 38.5 Å². The molecule has 0 bridgehead atoms. The molecule has 1 aromatic rings. The fraction of sp³-hybridized carbons (Fsp3) is 0.600. The van der Waals surface area contributed by atoms with E-state index >= 15 is 0 Å². The van der Waals surface area contributed by atoms with Crippen LogP contribution in [0, 0.1) is 0 Å². The van der Waals surface area contributed by atoms with Crippen LogP contribution in [0.1, 0.15) is 24.9 Å². The van der Waals surface area contributed by atoms with Crippen molar-refractivity contribution in [1.82, 2.24) is 4.90 Å². The average molecular weight is 280 g/mol. The summed E-state index contributed by atoms with van der Waals surface area (Å²) in [4.78, 5) is 2.44. The SMILES string of the molecule is COc1cccc(C(C(C)N)N(C)C2CCSC2)c1. The molecular weight excluding hydrogens is 256 g/mol. The van der Waals surface area contributed by atoms with Gasteiger partial charge in [-0.2, -0.15) is 11.8 Å². The summed E-state index contributed by atoms with van der Waals surface area (Å²) in [6.07, 6.45) is 1.26. The van der Waals surface area contributed by atoms with Gasteiger partial charge in [-0.15, -0.1) is 0 Å². The van der Waals surface area contributed by atoms with Crippen LogP contribution in [0.5, 0.6) is 5.75 Å². The van der Waals surface area contributed by atoms with Crippen LogP contribution in [0.4, 0.5) is 0 Å². The van der Waals surface area contributed by atoms with Gasteiger partial charge in [0.2, 0.25) is 0 Å². The molecule has 1 fully saturated rings. The highest BCUT2D eigenvalue weighted by Gasteiger charge is 2.29. The second-order valence-electron chi connectivity index (χ2n) is 5.26. The summed E-state index contributed by atoms with van der Waals surface area (Å²) in [5.41, 5.74) is 7.48. The Hall–Kier alpha value is -0.710. The number of hydrogen-bond donors (Lipinski definition) is 1. The van der Waals surface area contributed by atoms with Crippen LogP contribution < -0.4 is 10.5 Å². The van der Waals surface area contributed by atoms with Crippen LogP contribution >= 0.6 is 11.8 Å². The van der Waals surface area contributed by atoms with Gasteiger partial charge in [0.15, 0.2) is 0 Å². The summed E-state index contributed by atoms with van der Waals surface area (Å²) in [5, 5.41) is 0. The van der Waals surface area contributed by atoms with Gasteiger partial charge in [-0.05, 0) is 43.8 Å². The first-order chi connectivity index (χ1) is 9.13. The quantitative estimate of drug-likeness (QED) is 0.899. The van der Waals surface area contributed by atoms with Crippen molar-refractivity contribution in [2.45, 2.75) is 31.5 Å². The van der Waals surface area contributed by atoms with Crippen molar-refractivity contribution in [3.63, 3.8) is 0 Å². The number of benzene rings is 1. The average Bonchev–Trinajstić information content (AvgIpc) is 2.92. The largest absolute Gasteiger partial charge is 0.497 e. The summed E-state index contributed by atoms with van der Waals surface area (Å²) >= 11 is 2.04. The monoisotopic (exact) mass is 280 g/mol. The Balaban J connectivity index is 2.22. The molecule has 1 heterocycles. The molecule has 1 aromatic carbocycles. The number of rotatable bonds is 5. The van der Waals surface area contributed by atoms with Crippen LogP contribution in [0.2, 0.25) is 0 Å². The van der Waals surface area contributed by atoms with Crippen molar-refractivity contribution < 1.29 is 4.74 Å². The van der Waals surface area contributed by atoms with E-state index in [-0.39, 0.29) is 12.1 Å². The fourth-order valence-electron chi connectivity index (χ4n) is 2.81. The molecule has 0 saturated carbocycles. The van der Waals surface area contributed by atoms with Gasteiger partial charge in [0.05, 0.1) is 7.11 Å². The lowest BCUT2D eigenvalue weighted by Crippen LogP contribution is -2.43. The van der Waals surface area contributed by atoms with Crippen molar-refractivity contribution >= 4 is 11.8 Å². The van der Waals surface area contributed by atoms with Gasteiger partial charge in [-0.3, -0.25) is 4.90 Å². The molecule has 19 heavy (non-hydrogen) atoms. The Bertz CT molecular complexity index is 405. The molecule has 0 radical (unpaired) electrons. The summed E-state index contributed by atoms with van der Waals surface area (Å²) in [6.45, 7) is 2.09. The molecule has 3 unspecified atom stereocenters. The maximum absolute atomic E-state index is 6.24. The van der Waals surface area contributed by atoms with E-state index in [2.05, 4.69) is 31.0 Å². The number of nitrogens with zero attached hydrogens (tertiary/aromatic N) is 1. The highest BCUT2D eigenvalue weighted by Crippen LogP contribution is 2.31. The minimum atomic E-state index is 0.0997. The Morgan fingerprint density at radius 3 is 2.84 bits per heavy atom. The number of nitrogens with two attached hydrogens (primary N) is 1. The summed E-state index contributed by atoms with van der Waals surface area (Å²) in [6, 6.07) is 9.25. The predicted molar refractivity (Wildman–Crippen MR) is 82.9 cm³/mol. The first-order valence-corrected chi connectivity index (χ1v) is 7.98. The van der Waals surface area contributed by atoms with Crippen molar-refractivity contribution in [3.8, 4) is 5.75 Å². The van der Waals surface area contributed by atoms with Crippen molar-refractivity contribution in [2.75, 3.05) is 25.7 Å². The van der Waals surface area contributed by atoms with Crippen LogP contribution in [0.3, 0.4) is 0 Å². The Labute approximate surface area is 120 Å². The van der Waals surface area contributed by atoms with Gasteiger partial charge in [-0.1, -0.05) is 12.1 Å². The van der Waals surface area contributed by atoms with E-state index in [1.165, 1.54) is 23.5 Å². The van der Waals surface area contributed by atoms with E-state index in [9.17, 15) is 0 Å². The van der Waals surface area contributed by atoms with E-state index in [4.69, 9.17) is 10.5 Å². The zero-order valence-electron chi connectivity index (χ0n) is 12.0. The van der Waals surface area contributed by atoms with Crippen LogP contribution in [-0.2, 0) is 0 Å². The fourth-order valence-corrected chi connectivity index (χ4v) is 4.08. The number of thioether (sulfide) groups is 1. The molecule has 0 spiro atoms. The lowest BCUT2D eigenvalue weighted by Gasteiger charge is -2.35. The standard InChI is InChI=1S/C15H24N2OS/c1-11(16)15(17(2)13-7-8-19-10-13)12-5-4-6-14(9-12)18-3/h4-6,9,11,13,15H,7-8,10,16H2,1-3H3. The molecule has 1 saturated heterocycles. The zero-order valence-corrected chi connectivity index (χ0v) is 12.8.